The van der Waals surface area contributed by atoms with Crippen LogP contribution in [0.5, 0.6) is 0 Å². The molecule has 1 aromatic carbocycles. The number of benzene rings is 1. The molecule has 94 valence electrons. The van der Waals surface area contributed by atoms with E-state index in [1.165, 1.54) is 11.1 Å². The molecule has 4 heteroatoms. The molecule has 2 aromatic rings. The van der Waals surface area contributed by atoms with Gasteiger partial charge in [0.05, 0.1) is 0 Å². The van der Waals surface area contributed by atoms with Gasteiger partial charge in [-0.15, -0.1) is 0 Å². The van der Waals surface area contributed by atoms with Gasteiger partial charge < -0.3 is 10.3 Å². The van der Waals surface area contributed by atoms with Crippen molar-refractivity contribution in [2.75, 3.05) is 17.4 Å². The van der Waals surface area contributed by atoms with E-state index in [-0.39, 0.29) is 0 Å². The Balaban J connectivity index is 2.13. The molecule has 0 aliphatic heterocycles. The van der Waals surface area contributed by atoms with E-state index >= 15 is 0 Å². The lowest BCUT2D eigenvalue weighted by molar-refractivity contribution is 0.897. The van der Waals surface area contributed by atoms with Crippen LogP contribution in [0.4, 0.5) is 11.6 Å². The predicted molar refractivity (Wildman–Crippen MR) is 75.3 cm³/mol. The van der Waals surface area contributed by atoms with E-state index in [1.54, 1.807) is 0 Å². The molecule has 1 aromatic heterocycles. The maximum absolute atomic E-state index is 5.36. The van der Waals surface area contributed by atoms with Gasteiger partial charge in [0.2, 0.25) is 0 Å². The summed E-state index contributed by atoms with van der Waals surface area (Å²) < 4.78 is 0. The van der Waals surface area contributed by atoms with Crippen LogP contribution >= 0.6 is 0 Å². The first-order chi connectivity index (χ1) is 8.69. The average molecular weight is 242 g/mol. The molecule has 2 rings (SSSR count). The molecule has 0 fully saturated rings. The van der Waals surface area contributed by atoms with Crippen LogP contribution in [0, 0.1) is 6.92 Å². The molecule has 0 spiro atoms. The van der Waals surface area contributed by atoms with Crippen molar-refractivity contribution in [3.8, 4) is 0 Å². The zero-order valence-corrected chi connectivity index (χ0v) is 10.7. The quantitative estimate of drug-likeness (QED) is 0.638. The van der Waals surface area contributed by atoms with Crippen LogP contribution in [0.2, 0.25) is 0 Å². The van der Waals surface area contributed by atoms with Crippen molar-refractivity contribution in [2.45, 2.75) is 13.5 Å². The Labute approximate surface area is 107 Å². The molecule has 0 aliphatic carbocycles. The fourth-order valence-corrected chi connectivity index (χ4v) is 1.88. The van der Waals surface area contributed by atoms with Crippen molar-refractivity contribution in [3.05, 3.63) is 53.6 Å². The zero-order chi connectivity index (χ0) is 13.0. The Morgan fingerprint density at radius 2 is 2.00 bits per heavy atom. The number of nitrogens with one attached hydrogen (secondary N) is 1. The van der Waals surface area contributed by atoms with Gasteiger partial charge in [0, 0.05) is 13.6 Å². The van der Waals surface area contributed by atoms with Gasteiger partial charge in [-0.3, -0.25) is 0 Å². The van der Waals surface area contributed by atoms with Gasteiger partial charge in [0.25, 0.3) is 0 Å². The number of pyridine rings is 1. The van der Waals surface area contributed by atoms with Crippen LogP contribution in [-0.4, -0.2) is 12.0 Å². The molecule has 3 N–H and O–H groups in total. The van der Waals surface area contributed by atoms with Crippen LogP contribution in [-0.2, 0) is 6.54 Å². The number of hydrazine groups is 1. The Hall–Kier alpha value is -2.07. The number of aromatic nitrogens is 1. The van der Waals surface area contributed by atoms with E-state index < -0.39 is 0 Å². The molecule has 0 radical (unpaired) electrons. The van der Waals surface area contributed by atoms with E-state index in [4.69, 9.17) is 5.84 Å². The first-order valence-electron chi connectivity index (χ1n) is 5.89. The Bertz CT molecular complexity index is 525. The van der Waals surface area contributed by atoms with Gasteiger partial charge in [0.1, 0.15) is 11.6 Å². The van der Waals surface area contributed by atoms with Crippen molar-refractivity contribution in [1.29, 1.82) is 0 Å². The van der Waals surface area contributed by atoms with Crippen molar-refractivity contribution in [2.24, 2.45) is 5.84 Å². The maximum Gasteiger partial charge on any atom is 0.142 e. The van der Waals surface area contributed by atoms with E-state index in [9.17, 15) is 0 Å². The minimum atomic E-state index is 0.670. The molecule has 0 saturated heterocycles. The number of nitrogens with zero attached hydrogens (tertiary/aromatic N) is 2. The van der Waals surface area contributed by atoms with Crippen LogP contribution < -0.4 is 16.2 Å². The fourth-order valence-electron chi connectivity index (χ4n) is 1.88. The Morgan fingerprint density at radius 1 is 1.22 bits per heavy atom. The number of rotatable bonds is 4. The van der Waals surface area contributed by atoms with E-state index in [0.29, 0.717) is 5.82 Å². The molecule has 0 bridgehead atoms. The largest absolute Gasteiger partial charge is 0.355 e. The normalized spacial score (nSPS) is 10.2. The lowest BCUT2D eigenvalue weighted by Gasteiger charge is -2.19. The third kappa shape index (κ3) is 2.99. The first-order valence-corrected chi connectivity index (χ1v) is 5.89. The van der Waals surface area contributed by atoms with Gasteiger partial charge in [-0.2, -0.15) is 0 Å². The highest BCUT2D eigenvalue weighted by Crippen LogP contribution is 2.15. The summed E-state index contributed by atoms with van der Waals surface area (Å²) in [5.74, 6) is 6.93. The third-order valence-electron chi connectivity index (χ3n) is 2.78. The van der Waals surface area contributed by atoms with Crippen LogP contribution in [0.3, 0.4) is 0 Å². The molecule has 0 atom stereocenters. The molecular formula is C14H18N4. The van der Waals surface area contributed by atoms with Crippen LogP contribution in [0.1, 0.15) is 11.1 Å². The smallest absolute Gasteiger partial charge is 0.142 e. The summed E-state index contributed by atoms with van der Waals surface area (Å²) in [6, 6.07) is 14.2. The monoisotopic (exact) mass is 242 g/mol. The van der Waals surface area contributed by atoms with Crippen molar-refractivity contribution in [1.82, 2.24) is 4.98 Å². The van der Waals surface area contributed by atoms with E-state index in [2.05, 4.69) is 46.5 Å². The molecule has 4 nitrogen and oxygen atoms in total. The van der Waals surface area contributed by atoms with E-state index in [1.807, 2.05) is 25.2 Å². The van der Waals surface area contributed by atoms with E-state index in [0.717, 1.165) is 12.4 Å². The molecule has 0 amide bonds. The van der Waals surface area contributed by atoms with Gasteiger partial charge in [0.15, 0.2) is 0 Å². The van der Waals surface area contributed by atoms with Crippen molar-refractivity contribution < 1.29 is 0 Å². The number of hydrogen-bond acceptors (Lipinski definition) is 4. The number of hydrogen-bond donors (Lipinski definition) is 2. The third-order valence-corrected chi connectivity index (χ3v) is 2.78. The summed E-state index contributed by atoms with van der Waals surface area (Å²) in [6.45, 7) is 2.92. The van der Waals surface area contributed by atoms with Crippen molar-refractivity contribution >= 4 is 11.6 Å². The summed E-state index contributed by atoms with van der Waals surface area (Å²) in [5.41, 5.74) is 5.10. The minimum absolute atomic E-state index is 0.670. The number of anilines is 2. The molecule has 0 saturated carbocycles. The first kappa shape index (κ1) is 12.4. The molecular weight excluding hydrogens is 224 g/mol. The van der Waals surface area contributed by atoms with Crippen molar-refractivity contribution in [3.63, 3.8) is 0 Å². The molecule has 18 heavy (non-hydrogen) atoms. The van der Waals surface area contributed by atoms with Crippen LogP contribution in [0.25, 0.3) is 0 Å². The highest BCUT2D eigenvalue weighted by atomic mass is 15.3. The van der Waals surface area contributed by atoms with Crippen LogP contribution in [0.15, 0.2) is 42.5 Å². The Kier molecular flexibility index (Phi) is 3.79. The zero-order valence-electron chi connectivity index (χ0n) is 10.7. The second kappa shape index (κ2) is 5.51. The molecule has 0 aliphatic rings. The number of aryl methyl sites for hydroxylation is 1. The highest BCUT2D eigenvalue weighted by Gasteiger charge is 2.04. The lowest BCUT2D eigenvalue weighted by atomic mass is 10.1. The molecule has 0 unspecified atom stereocenters. The summed E-state index contributed by atoms with van der Waals surface area (Å²) in [6.07, 6.45) is 0. The second-order valence-corrected chi connectivity index (χ2v) is 4.37. The van der Waals surface area contributed by atoms with Gasteiger partial charge in [-0.25, -0.2) is 10.8 Å². The standard InChI is InChI=1S/C14H18N4/c1-11-5-3-6-12(9-11)10-18(2)14-8-4-7-13(16-14)17-15/h3-9H,10,15H2,1-2H3,(H,16,17). The predicted octanol–water partition coefficient (Wildman–Crippen LogP) is 2.31. The minimum Gasteiger partial charge on any atom is -0.355 e. The lowest BCUT2D eigenvalue weighted by Crippen LogP contribution is -2.18. The topological polar surface area (TPSA) is 54.2 Å². The van der Waals surface area contributed by atoms with Gasteiger partial charge in [-0.1, -0.05) is 35.9 Å². The SMILES string of the molecule is Cc1cccc(CN(C)c2cccc(NN)n2)c1. The molecule has 1 heterocycles. The summed E-state index contributed by atoms with van der Waals surface area (Å²) in [5, 5.41) is 0. The average Bonchev–Trinajstić information content (AvgIpc) is 2.39. The summed E-state index contributed by atoms with van der Waals surface area (Å²) >= 11 is 0. The summed E-state index contributed by atoms with van der Waals surface area (Å²) in [7, 11) is 2.02. The number of nitrogen functional groups attached to an aromatic ring is 1. The maximum atomic E-state index is 5.36. The summed E-state index contributed by atoms with van der Waals surface area (Å²) in [4.78, 5) is 6.49. The van der Waals surface area contributed by atoms with Gasteiger partial charge >= 0.3 is 0 Å². The highest BCUT2D eigenvalue weighted by molar-refractivity contribution is 5.46. The second-order valence-electron chi connectivity index (χ2n) is 4.37. The fraction of sp³-hybridized carbons (Fsp3) is 0.214. The number of nitrogens with two attached hydrogens (primary N) is 1. The van der Waals surface area contributed by atoms with Gasteiger partial charge in [-0.05, 0) is 24.6 Å². The Morgan fingerprint density at radius 3 is 2.72 bits per heavy atom.